The van der Waals surface area contributed by atoms with E-state index in [0.717, 1.165) is 29.0 Å². The molecule has 0 saturated carbocycles. The number of hydrogen-bond acceptors (Lipinski definition) is 2. The van der Waals surface area contributed by atoms with Crippen LogP contribution in [-0.4, -0.2) is 13.7 Å². The number of benzene rings is 2. The molecule has 1 unspecified atom stereocenters. The van der Waals surface area contributed by atoms with E-state index in [1.807, 2.05) is 32.0 Å². The zero-order chi connectivity index (χ0) is 15.4. The Morgan fingerprint density at radius 3 is 2.67 bits per heavy atom. The van der Waals surface area contributed by atoms with Crippen LogP contribution in [0.15, 0.2) is 40.9 Å². The largest absolute Gasteiger partial charge is 0.496 e. The summed E-state index contributed by atoms with van der Waals surface area (Å²) in [5.41, 5.74) is 3.04. The second-order valence-electron chi connectivity index (χ2n) is 4.86. The molecule has 21 heavy (non-hydrogen) atoms. The van der Waals surface area contributed by atoms with E-state index in [2.05, 4.69) is 27.3 Å². The predicted molar refractivity (Wildman–Crippen MR) is 87.4 cm³/mol. The fraction of sp³-hybridized carbons (Fsp3) is 0.294. The average Bonchev–Trinajstić information content (AvgIpc) is 2.48. The van der Waals surface area contributed by atoms with Crippen LogP contribution < -0.4 is 10.1 Å². The smallest absolute Gasteiger partial charge is 0.137 e. The molecular formula is C17H19BrFNO. The van der Waals surface area contributed by atoms with E-state index in [1.165, 1.54) is 6.07 Å². The molecule has 0 amide bonds. The van der Waals surface area contributed by atoms with Crippen LogP contribution in [0.5, 0.6) is 5.75 Å². The Kier molecular flexibility index (Phi) is 5.37. The minimum atomic E-state index is -0.249. The highest BCUT2D eigenvalue weighted by Gasteiger charge is 2.18. The molecule has 0 aliphatic heterocycles. The first-order valence-electron chi connectivity index (χ1n) is 6.90. The van der Waals surface area contributed by atoms with Crippen molar-refractivity contribution in [1.29, 1.82) is 0 Å². The predicted octanol–water partition coefficient (Wildman–Crippen LogP) is 4.60. The Bertz CT molecular complexity index is 630. The van der Waals surface area contributed by atoms with Crippen molar-refractivity contribution in [2.24, 2.45) is 0 Å². The second kappa shape index (κ2) is 7.05. The van der Waals surface area contributed by atoms with Crippen molar-refractivity contribution in [1.82, 2.24) is 5.32 Å². The molecule has 112 valence electrons. The summed E-state index contributed by atoms with van der Waals surface area (Å²) in [4.78, 5) is 0. The van der Waals surface area contributed by atoms with Gasteiger partial charge in [0.1, 0.15) is 11.6 Å². The summed E-state index contributed by atoms with van der Waals surface area (Å²) in [6.07, 6.45) is 0. The highest BCUT2D eigenvalue weighted by molar-refractivity contribution is 9.10. The lowest BCUT2D eigenvalue weighted by Crippen LogP contribution is -2.22. The first-order valence-corrected chi connectivity index (χ1v) is 7.69. The van der Waals surface area contributed by atoms with Crippen LogP contribution >= 0.6 is 15.9 Å². The Morgan fingerprint density at radius 1 is 1.29 bits per heavy atom. The third-order valence-electron chi connectivity index (χ3n) is 3.45. The van der Waals surface area contributed by atoms with Gasteiger partial charge in [-0.1, -0.05) is 31.2 Å². The number of hydrogen-bond donors (Lipinski definition) is 1. The maximum Gasteiger partial charge on any atom is 0.137 e. The number of methoxy groups -OCH3 is 1. The lowest BCUT2D eigenvalue weighted by atomic mass is 9.97. The molecule has 2 rings (SSSR count). The van der Waals surface area contributed by atoms with Gasteiger partial charge >= 0.3 is 0 Å². The lowest BCUT2D eigenvalue weighted by molar-refractivity contribution is 0.411. The van der Waals surface area contributed by atoms with Crippen molar-refractivity contribution in [3.63, 3.8) is 0 Å². The lowest BCUT2D eigenvalue weighted by Gasteiger charge is -2.21. The maximum atomic E-state index is 13.8. The van der Waals surface area contributed by atoms with Crippen LogP contribution in [0.4, 0.5) is 4.39 Å². The SMILES string of the molecule is CCNC(c1ccc(OC)c(C)c1)c1cccc(F)c1Br. The third kappa shape index (κ3) is 3.44. The van der Waals surface area contributed by atoms with Gasteiger partial charge in [0, 0.05) is 0 Å². The van der Waals surface area contributed by atoms with Gasteiger partial charge in [0.25, 0.3) is 0 Å². The van der Waals surface area contributed by atoms with Crippen LogP contribution in [-0.2, 0) is 0 Å². The van der Waals surface area contributed by atoms with Gasteiger partial charge in [-0.15, -0.1) is 0 Å². The van der Waals surface area contributed by atoms with Crippen LogP contribution in [0.3, 0.4) is 0 Å². The summed E-state index contributed by atoms with van der Waals surface area (Å²) in [5.74, 6) is 0.605. The number of halogens is 2. The molecule has 0 radical (unpaired) electrons. The van der Waals surface area contributed by atoms with Crippen LogP contribution in [0.1, 0.15) is 29.7 Å². The van der Waals surface area contributed by atoms with E-state index in [9.17, 15) is 4.39 Å². The van der Waals surface area contributed by atoms with Gasteiger partial charge in [-0.2, -0.15) is 0 Å². The molecule has 1 atom stereocenters. The molecule has 0 bridgehead atoms. The maximum absolute atomic E-state index is 13.8. The summed E-state index contributed by atoms with van der Waals surface area (Å²) >= 11 is 3.36. The first kappa shape index (κ1) is 16.0. The molecule has 4 heteroatoms. The van der Waals surface area contributed by atoms with Crippen LogP contribution in [0, 0.1) is 12.7 Å². The highest BCUT2D eigenvalue weighted by Crippen LogP contribution is 2.32. The molecule has 0 heterocycles. The highest BCUT2D eigenvalue weighted by atomic mass is 79.9. The standard InChI is InChI=1S/C17H19BrFNO/c1-4-20-17(13-6-5-7-14(19)16(13)18)12-8-9-15(21-3)11(2)10-12/h5-10,17,20H,4H2,1-3H3. The first-order chi connectivity index (χ1) is 10.1. The summed E-state index contributed by atoms with van der Waals surface area (Å²) in [6.45, 7) is 4.83. The third-order valence-corrected chi connectivity index (χ3v) is 4.29. The Morgan fingerprint density at radius 2 is 2.05 bits per heavy atom. The number of ether oxygens (including phenoxy) is 1. The van der Waals surface area contributed by atoms with Crippen molar-refractivity contribution in [3.05, 3.63) is 63.4 Å². The van der Waals surface area contributed by atoms with Gasteiger partial charge in [0.05, 0.1) is 17.6 Å². The van der Waals surface area contributed by atoms with Gasteiger partial charge in [-0.3, -0.25) is 0 Å². The van der Waals surface area contributed by atoms with Crippen LogP contribution in [0.25, 0.3) is 0 Å². The molecule has 2 aromatic carbocycles. The molecule has 0 saturated heterocycles. The van der Waals surface area contributed by atoms with E-state index in [0.29, 0.717) is 4.47 Å². The number of rotatable bonds is 5. The van der Waals surface area contributed by atoms with Crippen molar-refractivity contribution in [2.75, 3.05) is 13.7 Å². The van der Waals surface area contributed by atoms with Gasteiger partial charge < -0.3 is 10.1 Å². The molecule has 0 fully saturated rings. The molecule has 0 aliphatic rings. The topological polar surface area (TPSA) is 21.3 Å². The molecule has 2 nitrogen and oxygen atoms in total. The normalized spacial score (nSPS) is 12.2. The molecule has 0 aliphatic carbocycles. The fourth-order valence-corrected chi connectivity index (χ4v) is 2.93. The van der Waals surface area contributed by atoms with E-state index in [-0.39, 0.29) is 11.9 Å². The van der Waals surface area contributed by atoms with Gasteiger partial charge in [-0.05, 0) is 58.2 Å². The monoisotopic (exact) mass is 351 g/mol. The van der Waals surface area contributed by atoms with Gasteiger partial charge in [0.2, 0.25) is 0 Å². The summed E-state index contributed by atoms with van der Waals surface area (Å²) in [5, 5.41) is 3.41. The number of aryl methyl sites for hydroxylation is 1. The molecule has 1 N–H and O–H groups in total. The van der Waals surface area contributed by atoms with Crippen molar-refractivity contribution in [3.8, 4) is 5.75 Å². The van der Waals surface area contributed by atoms with Gasteiger partial charge in [-0.25, -0.2) is 4.39 Å². The second-order valence-corrected chi connectivity index (χ2v) is 5.66. The van der Waals surface area contributed by atoms with E-state index < -0.39 is 0 Å². The summed E-state index contributed by atoms with van der Waals surface area (Å²) in [6, 6.07) is 11.1. The van der Waals surface area contributed by atoms with Gasteiger partial charge in [0.15, 0.2) is 0 Å². The zero-order valence-electron chi connectivity index (χ0n) is 12.4. The van der Waals surface area contributed by atoms with Crippen LogP contribution in [0.2, 0.25) is 0 Å². The Labute approximate surface area is 133 Å². The Balaban J connectivity index is 2.48. The van der Waals surface area contributed by atoms with E-state index in [1.54, 1.807) is 13.2 Å². The molecule has 0 aromatic heterocycles. The summed E-state index contributed by atoms with van der Waals surface area (Å²) < 4.78 is 19.6. The molecular weight excluding hydrogens is 333 g/mol. The van der Waals surface area contributed by atoms with E-state index in [4.69, 9.17) is 4.74 Å². The number of nitrogens with one attached hydrogen (secondary N) is 1. The fourth-order valence-electron chi connectivity index (χ4n) is 2.44. The zero-order valence-corrected chi connectivity index (χ0v) is 14.0. The van der Waals surface area contributed by atoms with Crippen molar-refractivity contribution < 1.29 is 9.13 Å². The van der Waals surface area contributed by atoms with Crippen molar-refractivity contribution >= 4 is 15.9 Å². The summed E-state index contributed by atoms with van der Waals surface area (Å²) in [7, 11) is 1.66. The molecule has 0 spiro atoms. The Hall–Kier alpha value is -1.39. The molecule has 2 aromatic rings. The minimum Gasteiger partial charge on any atom is -0.496 e. The minimum absolute atomic E-state index is 0.0651. The van der Waals surface area contributed by atoms with Crippen molar-refractivity contribution in [2.45, 2.75) is 19.9 Å². The van der Waals surface area contributed by atoms with E-state index >= 15 is 0 Å². The average molecular weight is 352 g/mol. The quantitative estimate of drug-likeness (QED) is 0.849.